The van der Waals surface area contributed by atoms with E-state index >= 15 is 0 Å². The fraction of sp³-hybridized carbons (Fsp3) is 0.438. The van der Waals surface area contributed by atoms with Gasteiger partial charge in [-0.1, -0.05) is 13.0 Å². The maximum absolute atomic E-state index is 13.5. The van der Waals surface area contributed by atoms with Crippen molar-refractivity contribution in [3.05, 3.63) is 29.6 Å². The number of carbonyl (C=O) groups is 3. The van der Waals surface area contributed by atoms with Crippen molar-refractivity contribution < 1.29 is 28.2 Å². The van der Waals surface area contributed by atoms with Gasteiger partial charge in [0.25, 0.3) is 5.91 Å². The number of benzene rings is 1. The molecule has 1 rings (SSSR count). The van der Waals surface area contributed by atoms with Gasteiger partial charge in [0.2, 0.25) is 0 Å². The Morgan fingerprint density at radius 1 is 1.29 bits per heavy atom. The molecule has 2 N–H and O–H groups in total. The average Bonchev–Trinajstić information content (AvgIpc) is 2.52. The highest BCUT2D eigenvalue weighted by molar-refractivity contribution is 5.95. The maximum atomic E-state index is 13.5. The van der Waals surface area contributed by atoms with Gasteiger partial charge >= 0.3 is 12.0 Å². The summed E-state index contributed by atoms with van der Waals surface area (Å²) < 4.78 is 23.0. The number of rotatable bonds is 7. The highest BCUT2D eigenvalue weighted by Crippen LogP contribution is 2.18. The SMILES string of the molecule is CC[C@H](C)NC(=O)NC(=O)COC(=O)Cc1ccc(OC)c(F)c1. The lowest BCUT2D eigenvalue weighted by molar-refractivity contribution is -0.147. The average molecular weight is 340 g/mol. The molecule has 0 radical (unpaired) electrons. The molecule has 7 nitrogen and oxygen atoms in total. The number of ether oxygens (including phenoxy) is 2. The summed E-state index contributed by atoms with van der Waals surface area (Å²) in [6, 6.07) is 3.33. The molecule has 1 aromatic rings. The molecule has 8 heteroatoms. The Labute approximate surface area is 139 Å². The molecule has 0 heterocycles. The predicted molar refractivity (Wildman–Crippen MR) is 84.0 cm³/mol. The molecule has 0 aliphatic rings. The van der Waals surface area contributed by atoms with E-state index in [0.717, 1.165) is 12.5 Å². The van der Waals surface area contributed by atoms with E-state index in [4.69, 9.17) is 9.47 Å². The van der Waals surface area contributed by atoms with Crippen molar-refractivity contribution in [2.75, 3.05) is 13.7 Å². The second kappa shape index (κ2) is 9.49. The largest absolute Gasteiger partial charge is 0.494 e. The van der Waals surface area contributed by atoms with E-state index in [-0.39, 0.29) is 18.2 Å². The van der Waals surface area contributed by atoms with Crippen LogP contribution in [0.25, 0.3) is 0 Å². The molecular formula is C16H21FN2O5. The number of amides is 3. The number of imide groups is 1. The first-order valence-corrected chi connectivity index (χ1v) is 7.44. The lowest BCUT2D eigenvalue weighted by Crippen LogP contribution is -2.44. The van der Waals surface area contributed by atoms with Gasteiger partial charge in [0.05, 0.1) is 13.5 Å². The molecule has 0 spiro atoms. The first kappa shape index (κ1) is 19.4. The molecule has 132 valence electrons. The van der Waals surface area contributed by atoms with E-state index in [2.05, 4.69) is 5.32 Å². The Hall–Kier alpha value is -2.64. The minimum Gasteiger partial charge on any atom is -0.494 e. The van der Waals surface area contributed by atoms with Gasteiger partial charge in [0.1, 0.15) is 0 Å². The van der Waals surface area contributed by atoms with Crippen molar-refractivity contribution in [3.63, 3.8) is 0 Å². The normalized spacial score (nSPS) is 11.3. The Bertz CT molecular complexity index is 606. The molecule has 0 fully saturated rings. The molecule has 1 aromatic carbocycles. The van der Waals surface area contributed by atoms with Crippen LogP contribution in [0.15, 0.2) is 18.2 Å². The number of hydrogen-bond acceptors (Lipinski definition) is 5. The summed E-state index contributed by atoms with van der Waals surface area (Å²) in [4.78, 5) is 34.5. The first-order valence-electron chi connectivity index (χ1n) is 7.44. The van der Waals surface area contributed by atoms with Crippen molar-refractivity contribution in [3.8, 4) is 5.75 Å². The van der Waals surface area contributed by atoms with Gasteiger partial charge in [0.15, 0.2) is 18.2 Å². The highest BCUT2D eigenvalue weighted by Gasteiger charge is 2.13. The molecule has 1 atom stereocenters. The number of methoxy groups -OCH3 is 1. The summed E-state index contributed by atoms with van der Waals surface area (Å²) in [5, 5.41) is 4.59. The fourth-order valence-corrected chi connectivity index (χ4v) is 1.71. The van der Waals surface area contributed by atoms with Crippen molar-refractivity contribution in [2.45, 2.75) is 32.7 Å². The van der Waals surface area contributed by atoms with Crippen LogP contribution in [-0.2, 0) is 20.7 Å². The summed E-state index contributed by atoms with van der Waals surface area (Å²) in [6.07, 6.45) is 0.516. The first-order chi connectivity index (χ1) is 11.3. The van der Waals surface area contributed by atoms with Crippen LogP contribution in [0, 0.1) is 5.82 Å². The number of urea groups is 1. The molecular weight excluding hydrogens is 319 g/mol. The third-order valence-electron chi connectivity index (χ3n) is 3.17. The lowest BCUT2D eigenvalue weighted by atomic mass is 10.1. The van der Waals surface area contributed by atoms with E-state index in [1.165, 1.54) is 19.2 Å². The summed E-state index contributed by atoms with van der Waals surface area (Å²) in [6.45, 7) is 3.08. The molecule has 0 saturated carbocycles. The van der Waals surface area contributed by atoms with E-state index in [9.17, 15) is 18.8 Å². The number of carbonyl (C=O) groups excluding carboxylic acids is 3. The molecule has 3 amide bonds. The lowest BCUT2D eigenvalue weighted by Gasteiger charge is -2.11. The topological polar surface area (TPSA) is 93.7 Å². The van der Waals surface area contributed by atoms with Crippen molar-refractivity contribution in [1.29, 1.82) is 0 Å². The highest BCUT2D eigenvalue weighted by atomic mass is 19.1. The van der Waals surface area contributed by atoms with Crippen LogP contribution >= 0.6 is 0 Å². The molecule has 0 aromatic heterocycles. The standard InChI is InChI=1S/C16H21FN2O5/c1-4-10(2)18-16(22)19-14(20)9-24-15(21)8-11-5-6-13(23-3)12(17)7-11/h5-7,10H,4,8-9H2,1-3H3,(H2,18,19,20,22)/t10-/m0/s1. The molecule has 0 aliphatic heterocycles. The van der Waals surface area contributed by atoms with Crippen LogP contribution in [-0.4, -0.2) is 37.7 Å². The van der Waals surface area contributed by atoms with Gasteiger partial charge in [-0.3, -0.25) is 14.9 Å². The number of esters is 1. The van der Waals surface area contributed by atoms with E-state index in [1.54, 1.807) is 6.92 Å². The van der Waals surface area contributed by atoms with Crippen LogP contribution in [0.2, 0.25) is 0 Å². The summed E-state index contributed by atoms with van der Waals surface area (Å²) in [5.74, 6) is -1.98. The Morgan fingerprint density at radius 2 is 2.00 bits per heavy atom. The second-order valence-corrected chi connectivity index (χ2v) is 5.14. The predicted octanol–water partition coefficient (Wildman–Crippen LogP) is 1.54. The molecule has 0 unspecified atom stereocenters. The van der Waals surface area contributed by atoms with Gasteiger partial charge in [-0.15, -0.1) is 0 Å². The van der Waals surface area contributed by atoms with Gasteiger partial charge in [-0.25, -0.2) is 9.18 Å². The van der Waals surface area contributed by atoms with Gasteiger partial charge in [0, 0.05) is 6.04 Å². The molecule has 0 bridgehead atoms. The van der Waals surface area contributed by atoms with Crippen molar-refractivity contribution in [2.24, 2.45) is 0 Å². The van der Waals surface area contributed by atoms with Crippen LogP contribution < -0.4 is 15.4 Å². The maximum Gasteiger partial charge on any atom is 0.321 e. The molecule has 0 aliphatic carbocycles. The summed E-state index contributed by atoms with van der Waals surface area (Å²) in [5.41, 5.74) is 0.383. The minimum atomic E-state index is -0.745. The number of halogens is 1. The Kier molecular flexibility index (Phi) is 7.67. The van der Waals surface area contributed by atoms with Crippen LogP contribution in [0.5, 0.6) is 5.75 Å². The summed E-state index contributed by atoms with van der Waals surface area (Å²) >= 11 is 0. The van der Waals surface area contributed by atoms with Crippen molar-refractivity contribution >= 4 is 17.9 Å². The third-order valence-corrected chi connectivity index (χ3v) is 3.17. The van der Waals surface area contributed by atoms with Crippen LogP contribution in [0.1, 0.15) is 25.8 Å². The van der Waals surface area contributed by atoms with Gasteiger partial charge < -0.3 is 14.8 Å². The number of hydrogen-bond donors (Lipinski definition) is 2. The minimum absolute atomic E-state index is 0.0683. The smallest absolute Gasteiger partial charge is 0.321 e. The fourth-order valence-electron chi connectivity index (χ4n) is 1.71. The third kappa shape index (κ3) is 6.64. The van der Waals surface area contributed by atoms with E-state index in [1.807, 2.05) is 12.2 Å². The second-order valence-electron chi connectivity index (χ2n) is 5.14. The van der Waals surface area contributed by atoms with Crippen LogP contribution in [0.4, 0.5) is 9.18 Å². The van der Waals surface area contributed by atoms with E-state index < -0.39 is 30.3 Å². The zero-order valence-electron chi connectivity index (χ0n) is 13.8. The van der Waals surface area contributed by atoms with Gasteiger partial charge in [-0.2, -0.15) is 0 Å². The Balaban J connectivity index is 2.39. The van der Waals surface area contributed by atoms with Crippen LogP contribution in [0.3, 0.4) is 0 Å². The quantitative estimate of drug-likeness (QED) is 0.735. The monoisotopic (exact) mass is 340 g/mol. The molecule has 24 heavy (non-hydrogen) atoms. The van der Waals surface area contributed by atoms with Gasteiger partial charge in [-0.05, 0) is 31.0 Å². The Morgan fingerprint density at radius 3 is 2.58 bits per heavy atom. The number of nitrogens with one attached hydrogen (secondary N) is 2. The van der Waals surface area contributed by atoms with Crippen molar-refractivity contribution in [1.82, 2.24) is 10.6 Å². The van der Waals surface area contributed by atoms with E-state index in [0.29, 0.717) is 5.56 Å². The zero-order chi connectivity index (χ0) is 18.1. The molecule has 0 saturated heterocycles. The summed E-state index contributed by atoms with van der Waals surface area (Å²) in [7, 11) is 1.34. The zero-order valence-corrected chi connectivity index (χ0v) is 13.8.